The van der Waals surface area contributed by atoms with Gasteiger partial charge in [-0.1, -0.05) is 68.4 Å². The maximum atomic E-state index is 4.70. The van der Waals surface area contributed by atoms with Gasteiger partial charge in [0.2, 0.25) is 0 Å². The van der Waals surface area contributed by atoms with Gasteiger partial charge in [0, 0.05) is 24.5 Å². The Kier molecular flexibility index (Phi) is 5.54. The number of anilines is 1. The Morgan fingerprint density at radius 3 is 2.54 bits per heavy atom. The van der Waals surface area contributed by atoms with Crippen molar-refractivity contribution in [3.05, 3.63) is 89.7 Å². The Morgan fingerprint density at radius 1 is 0.973 bits per heavy atom. The molecule has 4 heteroatoms. The molecular weight excluding hydrogens is 452 g/mol. The summed E-state index contributed by atoms with van der Waals surface area (Å²) in [6, 6.07) is 24.8. The van der Waals surface area contributed by atoms with Crippen molar-refractivity contribution in [3.63, 3.8) is 0 Å². The maximum absolute atomic E-state index is 4.70. The number of nitrogens with zero attached hydrogens (tertiary/aromatic N) is 3. The quantitative estimate of drug-likeness (QED) is 0.322. The summed E-state index contributed by atoms with van der Waals surface area (Å²) in [7, 11) is 0. The Bertz CT molecular complexity index is 1430. The lowest BCUT2D eigenvalue weighted by Crippen LogP contribution is -2.58. The van der Waals surface area contributed by atoms with E-state index in [4.69, 9.17) is 4.98 Å². The van der Waals surface area contributed by atoms with E-state index in [1.807, 2.05) is 0 Å². The van der Waals surface area contributed by atoms with Crippen LogP contribution in [0.25, 0.3) is 22.0 Å². The molecule has 7 rings (SSSR count). The van der Waals surface area contributed by atoms with Gasteiger partial charge < -0.3 is 5.32 Å². The third kappa shape index (κ3) is 4.12. The molecule has 0 radical (unpaired) electrons. The van der Waals surface area contributed by atoms with E-state index in [1.54, 1.807) is 6.33 Å². The number of aromatic nitrogens is 2. The van der Waals surface area contributed by atoms with E-state index in [9.17, 15) is 0 Å². The third-order valence-electron chi connectivity index (χ3n) is 9.58. The highest BCUT2D eigenvalue weighted by Gasteiger charge is 2.49. The molecule has 4 aromatic rings. The van der Waals surface area contributed by atoms with Crippen molar-refractivity contribution < 1.29 is 0 Å². The third-order valence-corrected chi connectivity index (χ3v) is 9.58. The van der Waals surface area contributed by atoms with Crippen LogP contribution in [0.2, 0.25) is 0 Å². The minimum atomic E-state index is 0.215. The highest BCUT2D eigenvalue weighted by Crippen LogP contribution is 2.50. The van der Waals surface area contributed by atoms with Crippen molar-refractivity contribution in [1.82, 2.24) is 14.9 Å². The monoisotopic (exact) mass is 488 g/mol. The van der Waals surface area contributed by atoms with Crippen molar-refractivity contribution in [2.24, 2.45) is 11.8 Å². The summed E-state index contributed by atoms with van der Waals surface area (Å²) >= 11 is 0. The zero-order chi connectivity index (χ0) is 25.0. The minimum Gasteiger partial charge on any atom is -0.365 e. The van der Waals surface area contributed by atoms with Crippen LogP contribution in [0.1, 0.15) is 49.8 Å². The van der Waals surface area contributed by atoms with E-state index in [1.165, 1.54) is 60.2 Å². The molecule has 2 heterocycles. The van der Waals surface area contributed by atoms with Gasteiger partial charge in [-0.15, -0.1) is 0 Å². The Labute approximate surface area is 220 Å². The lowest BCUT2D eigenvalue weighted by Gasteiger charge is -2.55. The van der Waals surface area contributed by atoms with Gasteiger partial charge in [-0.05, 0) is 89.4 Å². The molecule has 2 fully saturated rings. The van der Waals surface area contributed by atoms with E-state index in [-0.39, 0.29) is 5.41 Å². The number of hydrogen-bond donors (Lipinski definition) is 1. The van der Waals surface area contributed by atoms with Crippen molar-refractivity contribution in [3.8, 4) is 11.1 Å². The molecule has 2 bridgehead atoms. The van der Waals surface area contributed by atoms with Gasteiger partial charge in [-0.25, -0.2) is 9.97 Å². The molecule has 37 heavy (non-hydrogen) atoms. The zero-order valence-electron chi connectivity index (χ0n) is 22.0. The number of hydrogen-bond acceptors (Lipinski definition) is 4. The average molecular weight is 489 g/mol. The van der Waals surface area contributed by atoms with Crippen LogP contribution in [0.3, 0.4) is 0 Å². The predicted octanol–water partition coefficient (Wildman–Crippen LogP) is 6.84. The van der Waals surface area contributed by atoms with E-state index < -0.39 is 0 Å². The molecule has 4 nitrogen and oxygen atoms in total. The first-order valence-electron chi connectivity index (χ1n) is 14.0. The molecule has 0 spiro atoms. The van der Waals surface area contributed by atoms with Crippen LogP contribution in [-0.2, 0) is 18.4 Å². The molecular formula is C33H36N4. The van der Waals surface area contributed by atoms with Crippen LogP contribution >= 0.6 is 0 Å². The molecule has 0 unspecified atom stereocenters. The molecule has 3 aromatic carbocycles. The van der Waals surface area contributed by atoms with Crippen LogP contribution in [0.5, 0.6) is 0 Å². The maximum Gasteiger partial charge on any atom is 0.137 e. The van der Waals surface area contributed by atoms with Gasteiger partial charge in [0.15, 0.2) is 0 Å². The summed E-state index contributed by atoms with van der Waals surface area (Å²) < 4.78 is 0. The van der Waals surface area contributed by atoms with Gasteiger partial charge in [-0.2, -0.15) is 0 Å². The number of piperidine rings is 1. The van der Waals surface area contributed by atoms with Crippen LogP contribution in [-0.4, -0.2) is 34.0 Å². The predicted molar refractivity (Wildman–Crippen MR) is 152 cm³/mol. The summed E-state index contributed by atoms with van der Waals surface area (Å²) in [5.41, 5.74) is 8.03. The standard InChI is InChI=1S/C33H36N4/c1-22-31-17-27-16-30-28(18-29(27)33(22,2)14-15-37(31)20-24-8-9-24)32(36-21-35-30)34-19-23-10-12-26(13-11-23)25-6-4-3-5-7-25/h3-7,10-13,16,18,21-22,24,31H,8-9,14-15,17,19-20H2,1-2H3,(H,34,35,36)/t22-,31+,33+/m0/s1. The van der Waals surface area contributed by atoms with E-state index in [0.717, 1.165) is 35.6 Å². The number of benzene rings is 3. The number of likely N-dealkylation sites (tertiary alicyclic amines) is 1. The van der Waals surface area contributed by atoms with E-state index in [2.05, 4.69) is 95.8 Å². The first kappa shape index (κ1) is 22.9. The number of nitrogens with one attached hydrogen (secondary N) is 1. The summed E-state index contributed by atoms with van der Waals surface area (Å²) in [5.74, 6) is 2.55. The fourth-order valence-electron chi connectivity index (χ4n) is 6.90. The fourth-order valence-corrected chi connectivity index (χ4v) is 6.90. The smallest absolute Gasteiger partial charge is 0.137 e. The fraction of sp³-hybridized carbons (Fsp3) is 0.394. The Morgan fingerprint density at radius 2 is 1.76 bits per heavy atom. The SMILES string of the molecule is C[C@H]1[C@H]2Cc3cc4ncnc(NCc5ccc(-c6ccccc6)cc5)c4cc3[C@]1(C)CCN2CC1CC1. The summed E-state index contributed by atoms with van der Waals surface area (Å²) in [6.45, 7) is 8.28. The molecule has 188 valence electrons. The lowest BCUT2D eigenvalue weighted by molar-refractivity contribution is 0.0285. The van der Waals surface area contributed by atoms with Gasteiger partial charge in [0.05, 0.1) is 5.52 Å². The molecule has 1 saturated heterocycles. The minimum absolute atomic E-state index is 0.215. The van der Waals surface area contributed by atoms with Crippen LogP contribution in [0.15, 0.2) is 73.1 Å². The molecule has 3 atom stereocenters. The molecule has 2 aliphatic carbocycles. The van der Waals surface area contributed by atoms with Crippen LogP contribution in [0.4, 0.5) is 5.82 Å². The van der Waals surface area contributed by atoms with Gasteiger partial charge >= 0.3 is 0 Å². The number of fused-ring (bicyclic) bond motifs is 5. The first-order valence-corrected chi connectivity index (χ1v) is 14.0. The van der Waals surface area contributed by atoms with Crippen LogP contribution in [0, 0.1) is 11.8 Å². The van der Waals surface area contributed by atoms with E-state index in [0.29, 0.717) is 12.0 Å². The highest BCUT2D eigenvalue weighted by atomic mass is 15.2. The molecule has 0 amide bonds. The molecule has 1 aliphatic heterocycles. The summed E-state index contributed by atoms with van der Waals surface area (Å²) in [6.07, 6.45) is 6.96. The van der Waals surface area contributed by atoms with Crippen molar-refractivity contribution in [2.75, 3.05) is 18.4 Å². The van der Waals surface area contributed by atoms with Crippen molar-refractivity contribution in [1.29, 1.82) is 0 Å². The van der Waals surface area contributed by atoms with Gasteiger partial charge in [-0.3, -0.25) is 4.90 Å². The largest absolute Gasteiger partial charge is 0.365 e. The second kappa shape index (κ2) is 8.95. The highest BCUT2D eigenvalue weighted by molar-refractivity contribution is 5.90. The Hall–Kier alpha value is -3.24. The summed E-state index contributed by atoms with van der Waals surface area (Å²) in [5, 5.41) is 4.77. The zero-order valence-corrected chi connectivity index (χ0v) is 22.0. The average Bonchev–Trinajstić information content (AvgIpc) is 3.75. The summed E-state index contributed by atoms with van der Waals surface area (Å²) in [4.78, 5) is 12.2. The van der Waals surface area contributed by atoms with Crippen molar-refractivity contribution >= 4 is 16.7 Å². The molecule has 1 aromatic heterocycles. The second-order valence-electron chi connectivity index (χ2n) is 11.8. The number of rotatable bonds is 6. The molecule has 3 aliphatic rings. The van der Waals surface area contributed by atoms with Gasteiger partial charge in [0.1, 0.15) is 12.1 Å². The first-order chi connectivity index (χ1) is 18.1. The van der Waals surface area contributed by atoms with E-state index >= 15 is 0 Å². The Balaban J connectivity index is 1.16. The van der Waals surface area contributed by atoms with Crippen LogP contribution < -0.4 is 5.32 Å². The molecule has 1 N–H and O–H groups in total. The normalized spacial score (nSPS) is 25.1. The van der Waals surface area contributed by atoms with Crippen molar-refractivity contribution in [2.45, 2.75) is 57.5 Å². The molecule has 1 saturated carbocycles. The van der Waals surface area contributed by atoms with Gasteiger partial charge in [0.25, 0.3) is 0 Å². The second-order valence-corrected chi connectivity index (χ2v) is 11.8. The topological polar surface area (TPSA) is 41.1 Å². The lowest BCUT2D eigenvalue weighted by atomic mass is 9.59.